The van der Waals surface area contributed by atoms with E-state index in [0.29, 0.717) is 18.8 Å². The maximum atomic E-state index is 13.8. The Balaban J connectivity index is 2.18. The lowest BCUT2D eigenvalue weighted by Gasteiger charge is -2.26. The average Bonchev–Trinajstić information content (AvgIpc) is 2.41. The first kappa shape index (κ1) is 15.1. The van der Waals surface area contributed by atoms with Gasteiger partial charge in [0, 0.05) is 18.7 Å². The molecule has 0 spiro atoms. The molecule has 0 radical (unpaired) electrons. The molecule has 0 bridgehead atoms. The minimum atomic E-state index is -3.79. The van der Waals surface area contributed by atoms with Gasteiger partial charge in [-0.25, -0.2) is 4.39 Å². The minimum absolute atomic E-state index is 0.0477. The fraction of sp³-hybridized carbons (Fsp3) is 0.364. The van der Waals surface area contributed by atoms with Crippen LogP contribution in [0.3, 0.4) is 0 Å². The van der Waals surface area contributed by atoms with E-state index in [1.165, 1.54) is 16.4 Å². The third-order valence-electron chi connectivity index (χ3n) is 2.80. The van der Waals surface area contributed by atoms with E-state index in [9.17, 15) is 12.8 Å². The zero-order valence-corrected chi connectivity index (χ0v) is 12.1. The third kappa shape index (κ3) is 3.42. The number of nitrogens with zero attached hydrogens (tertiary/aromatic N) is 1. The van der Waals surface area contributed by atoms with Gasteiger partial charge in [-0.1, -0.05) is 12.2 Å². The van der Waals surface area contributed by atoms with E-state index in [4.69, 9.17) is 22.7 Å². The number of benzene rings is 1. The monoisotopic (exact) mass is 319 g/mol. The molecule has 1 aliphatic rings. The summed E-state index contributed by atoms with van der Waals surface area (Å²) in [7, 11) is -3.79. The Labute approximate surface area is 121 Å². The molecule has 1 aromatic carbocycles. The first-order chi connectivity index (χ1) is 9.40. The van der Waals surface area contributed by atoms with Gasteiger partial charge in [-0.15, -0.1) is 0 Å². The lowest BCUT2D eigenvalue weighted by molar-refractivity contribution is 0.0733. The highest BCUT2D eigenvalue weighted by Crippen LogP contribution is 2.18. The van der Waals surface area contributed by atoms with E-state index < -0.39 is 16.0 Å². The van der Waals surface area contributed by atoms with Gasteiger partial charge in [0.2, 0.25) is 0 Å². The maximum Gasteiger partial charge on any atom is 0.301 e. The number of hydrogen-bond donors (Lipinski definition) is 2. The molecule has 6 nitrogen and oxygen atoms in total. The van der Waals surface area contributed by atoms with E-state index >= 15 is 0 Å². The highest BCUT2D eigenvalue weighted by Gasteiger charge is 2.25. The quantitative estimate of drug-likeness (QED) is 0.787. The summed E-state index contributed by atoms with van der Waals surface area (Å²) < 4.78 is 46.4. The normalized spacial score (nSPS) is 16.9. The first-order valence-electron chi connectivity index (χ1n) is 5.85. The Morgan fingerprint density at radius 2 is 2.05 bits per heavy atom. The van der Waals surface area contributed by atoms with Crippen LogP contribution in [0.5, 0.6) is 0 Å². The van der Waals surface area contributed by atoms with Gasteiger partial charge in [-0.3, -0.25) is 4.72 Å². The molecule has 110 valence electrons. The molecule has 0 saturated carbocycles. The molecule has 1 aromatic rings. The molecule has 0 unspecified atom stereocenters. The second kappa shape index (κ2) is 6.00. The van der Waals surface area contributed by atoms with Crippen molar-refractivity contribution < 1.29 is 17.5 Å². The number of nitrogens with one attached hydrogen (secondary N) is 1. The molecule has 1 aliphatic heterocycles. The van der Waals surface area contributed by atoms with Crippen molar-refractivity contribution in [2.45, 2.75) is 0 Å². The summed E-state index contributed by atoms with van der Waals surface area (Å²) in [5.74, 6) is -0.730. The highest BCUT2D eigenvalue weighted by molar-refractivity contribution is 7.90. The summed E-state index contributed by atoms with van der Waals surface area (Å²) in [5.41, 5.74) is 5.58. The number of thiocarbonyl (C=S) groups is 1. The van der Waals surface area contributed by atoms with E-state index in [-0.39, 0.29) is 23.8 Å². The van der Waals surface area contributed by atoms with Crippen LogP contribution in [0.1, 0.15) is 5.56 Å². The van der Waals surface area contributed by atoms with Crippen LogP contribution in [0.2, 0.25) is 0 Å². The number of hydrogen-bond acceptors (Lipinski definition) is 4. The molecule has 0 aromatic heterocycles. The summed E-state index contributed by atoms with van der Waals surface area (Å²) in [6.07, 6.45) is 0. The minimum Gasteiger partial charge on any atom is -0.389 e. The van der Waals surface area contributed by atoms with Crippen molar-refractivity contribution in [3.05, 3.63) is 29.6 Å². The molecule has 20 heavy (non-hydrogen) atoms. The van der Waals surface area contributed by atoms with Crippen LogP contribution >= 0.6 is 12.2 Å². The second-order valence-corrected chi connectivity index (χ2v) is 6.29. The van der Waals surface area contributed by atoms with Crippen molar-refractivity contribution in [1.29, 1.82) is 0 Å². The van der Waals surface area contributed by atoms with Gasteiger partial charge >= 0.3 is 10.2 Å². The van der Waals surface area contributed by atoms with E-state index in [0.717, 1.165) is 6.07 Å². The zero-order chi connectivity index (χ0) is 14.8. The summed E-state index contributed by atoms with van der Waals surface area (Å²) in [6, 6.07) is 3.85. The zero-order valence-electron chi connectivity index (χ0n) is 10.5. The predicted molar refractivity (Wildman–Crippen MR) is 77.2 cm³/mol. The van der Waals surface area contributed by atoms with Gasteiger partial charge < -0.3 is 10.5 Å². The molecular formula is C11H14FN3O3S2. The van der Waals surface area contributed by atoms with Gasteiger partial charge in [0.25, 0.3) is 0 Å². The van der Waals surface area contributed by atoms with Crippen molar-refractivity contribution in [1.82, 2.24) is 4.31 Å². The third-order valence-corrected chi connectivity index (χ3v) is 4.56. The smallest absolute Gasteiger partial charge is 0.301 e. The Morgan fingerprint density at radius 1 is 1.40 bits per heavy atom. The Hall–Kier alpha value is -1.29. The van der Waals surface area contributed by atoms with E-state index in [1.807, 2.05) is 0 Å². The molecule has 1 fully saturated rings. The van der Waals surface area contributed by atoms with Crippen molar-refractivity contribution in [2.75, 3.05) is 31.0 Å². The van der Waals surface area contributed by atoms with Crippen molar-refractivity contribution in [2.24, 2.45) is 5.73 Å². The second-order valence-electron chi connectivity index (χ2n) is 4.18. The van der Waals surface area contributed by atoms with Crippen LogP contribution in [0.25, 0.3) is 0 Å². The molecule has 2 rings (SSSR count). The van der Waals surface area contributed by atoms with Gasteiger partial charge in [-0.05, 0) is 18.2 Å². The number of nitrogens with two attached hydrogens (primary N) is 1. The molecule has 3 N–H and O–H groups in total. The van der Waals surface area contributed by atoms with E-state index in [2.05, 4.69) is 4.72 Å². The first-order valence-corrected chi connectivity index (χ1v) is 7.70. The number of halogens is 1. The highest BCUT2D eigenvalue weighted by atomic mass is 32.2. The number of rotatable bonds is 4. The lowest BCUT2D eigenvalue weighted by Crippen LogP contribution is -2.43. The SMILES string of the molecule is NC(=S)c1ccc(NS(=O)(=O)N2CCOCC2)c(F)c1. The largest absolute Gasteiger partial charge is 0.389 e. The molecule has 0 amide bonds. The van der Waals surface area contributed by atoms with Crippen molar-refractivity contribution in [3.63, 3.8) is 0 Å². The maximum absolute atomic E-state index is 13.8. The standard InChI is InChI=1S/C11H14FN3O3S2/c12-9-7-8(11(13)19)1-2-10(9)14-20(16,17)15-3-5-18-6-4-15/h1-2,7,14H,3-6H2,(H2,13,19). The van der Waals surface area contributed by atoms with Crippen LogP contribution in [-0.2, 0) is 14.9 Å². The van der Waals surface area contributed by atoms with Gasteiger partial charge in [0.05, 0.1) is 18.9 Å². The Bertz CT molecular complexity index is 615. The van der Waals surface area contributed by atoms with Crippen LogP contribution in [0, 0.1) is 5.82 Å². The van der Waals surface area contributed by atoms with Crippen LogP contribution in [0.4, 0.5) is 10.1 Å². The fourth-order valence-corrected chi connectivity index (χ4v) is 3.07. The van der Waals surface area contributed by atoms with Gasteiger partial charge in [-0.2, -0.15) is 12.7 Å². The number of anilines is 1. The molecule has 0 atom stereocenters. The number of ether oxygens (including phenoxy) is 1. The number of morpholine rings is 1. The molecule has 0 aliphatic carbocycles. The summed E-state index contributed by atoms with van der Waals surface area (Å²) >= 11 is 4.73. The average molecular weight is 319 g/mol. The molecule has 1 saturated heterocycles. The summed E-state index contributed by atoms with van der Waals surface area (Å²) in [4.78, 5) is 0.0477. The molecule has 1 heterocycles. The topological polar surface area (TPSA) is 84.7 Å². The lowest BCUT2D eigenvalue weighted by atomic mass is 10.2. The van der Waals surface area contributed by atoms with Crippen molar-refractivity contribution >= 4 is 33.1 Å². The Kier molecular flexibility index (Phi) is 4.53. The van der Waals surface area contributed by atoms with Gasteiger partial charge in [0.15, 0.2) is 0 Å². The predicted octanol–water partition coefficient (Wildman–Crippen LogP) is 0.449. The molecular weight excluding hydrogens is 305 g/mol. The van der Waals surface area contributed by atoms with Crippen LogP contribution in [0.15, 0.2) is 18.2 Å². The van der Waals surface area contributed by atoms with Crippen LogP contribution < -0.4 is 10.5 Å². The molecule has 9 heteroatoms. The van der Waals surface area contributed by atoms with E-state index in [1.54, 1.807) is 0 Å². The summed E-state index contributed by atoms with van der Waals surface area (Å²) in [6.45, 7) is 1.12. The van der Waals surface area contributed by atoms with Crippen LogP contribution in [-0.4, -0.2) is 44.0 Å². The summed E-state index contributed by atoms with van der Waals surface area (Å²) in [5, 5.41) is 0. The van der Waals surface area contributed by atoms with Gasteiger partial charge in [0.1, 0.15) is 10.8 Å². The fourth-order valence-electron chi connectivity index (χ4n) is 1.74. The van der Waals surface area contributed by atoms with Crippen molar-refractivity contribution in [3.8, 4) is 0 Å². The Morgan fingerprint density at radius 3 is 2.60 bits per heavy atom.